The maximum Gasteiger partial charge on any atom is 0.237 e. The number of methoxy groups -OCH3 is 1. The molecular weight excluding hydrogens is 400 g/mol. The van der Waals surface area contributed by atoms with Crippen LogP contribution in [0.3, 0.4) is 0 Å². The molecule has 0 aliphatic heterocycles. The molecule has 0 saturated heterocycles. The molecule has 1 atom stereocenters. The number of nitrogens with one attached hydrogen (secondary N) is 1. The number of thioether (sulfide) groups is 1. The first kappa shape index (κ1) is 18.6. The highest BCUT2D eigenvalue weighted by molar-refractivity contribution is 8.00. The van der Waals surface area contributed by atoms with E-state index in [1.54, 1.807) is 37.9 Å². The average molecular weight is 417 g/mol. The number of aromatic nitrogens is 3. The summed E-state index contributed by atoms with van der Waals surface area (Å²) in [5.41, 5.74) is 3.13. The van der Waals surface area contributed by atoms with Crippen LogP contribution in [0.1, 0.15) is 13.3 Å². The normalized spacial score (nSPS) is 12.4. The maximum absolute atomic E-state index is 12.8. The number of ether oxygens (including phenoxy) is 1. The second-order valence-corrected chi connectivity index (χ2v) is 7.66. The number of nitrogens with zero attached hydrogens (tertiary/aromatic N) is 3. The molecule has 1 amide bonds. The summed E-state index contributed by atoms with van der Waals surface area (Å²) in [5, 5.41) is 12.0. The summed E-state index contributed by atoms with van der Waals surface area (Å²) in [5.74, 6) is 0.424. The molecule has 9 heteroatoms. The number of rotatable bonds is 6. The van der Waals surface area contributed by atoms with E-state index in [0.717, 1.165) is 16.6 Å². The number of halogens is 1. The van der Waals surface area contributed by atoms with E-state index >= 15 is 0 Å². The molecule has 0 aliphatic carbocycles. The number of benzene rings is 1. The van der Waals surface area contributed by atoms with Gasteiger partial charge in [-0.1, -0.05) is 30.3 Å². The minimum atomic E-state index is -0.345. The van der Waals surface area contributed by atoms with Gasteiger partial charge >= 0.3 is 0 Å². The Labute approximate surface area is 170 Å². The number of anilines is 1. The third-order valence-electron chi connectivity index (χ3n) is 4.33. The fourth-order valence-corrected chi connectivity index (χ4v) is 4.16. The number of carbonyl (C=O) groups is 1. The molecule has 0 aliphatic rings. The first-order valence-electron chi connectivity index (χ1n) is 8.61. The Bertz CT molecular complexity index is 1160. The molecule has 0 bridgehead atoms. The average Bonchev–Trinajstić information content (AvgIpc) is 3.28. The first-order chi connectivity index (χ1) is 13.6. The summed E-state index contributed by atoms with van der Waals surface area (Å²) in [6.45, 7) is 1.95. The van der Waals surface area contributed by atoms with Crippen molar-refractivity contribution in [3.05, 3.63) is 47.9 Å². The molecule has 4 rings (SSSR count). The van der Waals surface area contributed by atoms with Crippen LogP contribution in [0.5, 0.6) is 5.75 Å². The van der Waals surface area contributed by atoms with Crippen LogP contribution in [-0.2, 0) is 4.79 Å². The van der Waals surface area contributed by atoms with Crippen LogP contribution in [0.2, 0.25) is 5.02 Å². The number of hydrogen-bond acceptors (Lipinski definition) is 6. The Hall–Kier alpha value is -2.71. The van der Waals surface area contributed by atoms with Crippen LogP contribution in [-0.4, -0.2) is 32.9 Å². The van der Waals surface area contributed by atoms with Crippen molar-refractivity contribution in [2.45, 2.75) is 23.6 Å². The Kier molecular flexibility index (Phi) is 5.15. The van der Waals surface area contributed by atoms with Gasteiger partial charge < -0.3 is 14.5 Å². The quantitative estimate of drug-likeness (QED) is 0.461. The Morgan fingerprint density at radius 1 is 1.36 bits per heavy atom. The van der Waals surface area contributed by atoms with Gasteiger partial charge in [0, 0.05) is 17.8 Å². The van der Waals surface area contributed by atoms with Gasteiger partial charge in [-0.05, 0) is 24.6 Å². The standard InChI is InChI=1S/C19H17ClN4O3S/c1-3-17(18(25)22-11-4-5-15(26-2)12(20)8-11)28-19-14-9-16-13(6-7-27-16)24(14)10-21-23-19/h4-10,17H,3H2,1-2H3,(H,22,25)/t17-/m1/s1. The van der Waals surface area contributed by atoms with E-state index in [0.29, 0.717) is 27.9 Å². The van der Waals surface area contributed by atoms with Crippen LogP contribution in [0.4, 0.5) is 5.69 Å². The van der Waals surface area contributed by atoms with Crippen molar-refractivity contribution in [2.24, 2.45) is 0 Å². The number of furan rings is 1. The van der Waals surface area contributed by atoms with Gasteiger partial charge in [-0.3, -0.25) is 9.20 Å². The van der Waals surface area contributed by atoms with E-state index in [9.17, 15) is 4.79 Å². The minimum Gasteiger partial charge on any atom is -0.495 e. The Balaban J connectivity index is 1.56. The zero-order chi connectivity index (χ0) is 19.7. The molecule has 1 aromatic carbocycles. The smallest absolute Gasteiger partial charge is 0.237 e. The van der Waals surface area contributed by atoms with Gasteiger partial charge in [-0.2, -0.15) is 0 Å². The summed E-state index contributed by atoms with van der Waals surface area (Å²) in [4.78, 5) is 12.8. The van der Waals surface area contributed by atoms with Gasteiger partial charge in [0.15, 0.2) is 5.58 Å². The van der Waals surface area contributed by atoms with Crippen LogP contribution in [0.15, 0.2) is 52.4 Å². The lowest BCUT2D eigenvalue weighted by molar-refractivity contribution is -0.115. The summed E-state index contributed by atoms with van der Waals surface area (Å²) >= 11 is 7.51. The van der Waals surface area contributed by atoms with Crippen molar-refractivity contribution >= 4 is 51.6 Å². The van der Waals surface area contributed by atoms with Crippen LogP contribution in [0.25, 0.3) is 16.6 Å². The lowest BCUT2D eigenvalue weighted by Crippen LogP contribution is -2.24. The predicted molar refractivity (Wildman–Crippen MR) is 109 cm³/mol. The largest absolute Gasteiger partial charge is 0.495 e. The lowest BCUT2D eigenvalue weighted by Gasteiger charge is -2.15. The Morgan fingerprint density at radius 2 is 2.21 bits per heavy atom. The highest BCUT2D eigenvalue weighted by Gasteiger charge is 2.22. The molecule has 28 heavy (non-hydrogen) atoms. The van der Waals surface area contributed by atoms with Crippen LogP contribution >= 0.6 is 23.4 Å². The second-order valence-electron chi connectivity index (χ2n) is 6.06. The maximum atomic E-state index is 12.8. The van der Waals surface area contributed by atoms with Crippen molar-refractivity contribution in [1.29, 1.82) is 0 Å². The lowest BCUT2D eigenvalue weighted by atomic mass is 10.2. The van der Waals surface area contributed by atoms with E-state index < -0.39 is 0 Å². The third-order valence-corrected chi connectivity index (χ3v) is 5.97. The molecule has 3 aromatic heterocycles. The van der Waals surface area contributed by atoms with E-state index in [-0.39, 0.29) is 11.2 Å². The molecule has 0 unspecified atom stereocenters. The first-order valence-corrected chi connectivity index (χ1v) is 9.87. The van der Waals surface area contributed by atoms with E-state index in [4.69, 9.17) is 20.8 Å². The SMILES string of the molecule is CC[C@@H](Sc1nncn2c1cc1occc12)C(=O)Nc1ccc(OC)c(Cl)c1. The molecule has 0 spiro atoms. The zero-order valence-corrected chi connectivity index (χ0v) is 16.8. The van der Waals surface area contributed by atoms with E-state index in [1.807, 2.05) is 23.5 Å². The second kappa shape index (κ2) is 7.73. The van der Waals surface area contributed by atoms with Gasteiger partial charge in [0.1, 0.15) is 17.1 Å². The third kappa shape index (κ3) is 3.41. The van der Waals surface area contributed by atoms with Gasteiger partial charge in [-0.25, -0.2) is 0 Å². The molecule has 0 fully saturated rings. The molecule has 144 valence electrons. The van der Waals surface area contributed by atoms with Crippen molar-refractivity contribution in [1.82, 2.24) is 14.6 Å². The molecule has 1 N–H and O–H groups in total. The molecule has 3 heterocycles. The van der Waals surface area contributed by atoms with Crippen molar-refractivity contribution in [2.75, 3.05) is 12.4 Å². The predicted octanol–water partition coefficient (Wildman–Crippen LogP) is 4.65. The van der Waals surface area contributed by atoms with E-state index in [2.05, 4.69) is 15.5 Å². The van der Waals surface area contributed by atoms with Gasteiger partial charge in [0.25, 0.3) is 0 Å². The molecule has 7 nitrogen and oxygen atoms in total. The van der Waals surface area contributed by atoms with Crippen LogP contribution < -0.4 is 10.1 Å². The minimum absolute atomic E-state index is 0.132. The summed E-state index contributed by atoms with van der Waals surface area (Å²) in [6.07, 6.45) is 3.89. The fraction of sp³-hybridized carbons (Fsp3) is 0.211. The van der Waals surface area contributed by atoms with Gasteiger partial charge in [0.05, 0.1) is 34.7 Å². The Morgan fingerprint density at radius 3 is 2.96 bits per heavy atom. The van der Waals surface area contributed by atoms with E-state index in [1.165, 1.54) is 11.8 Å². The summed E-state index contributed by atoms with van der Waals surface area (Å²) in [7, 11) is 1.54. The number of amides is 1. The van der Waals surface area contributed by atoms with Crippen LogP contribution in [0, 0.1) is 0 Å². The number of hydrogen-bond donors (Lipinski definition) is 1. The molecular formula is C19H17ClN4O3S. The topological polar surface area (TPSA) is 81.7 Å². The zero-order valence-electron chi connectivity index (χ0n) is 15.2. The summed E-state index contributed by atoms with van der Waals surface area (Å²) < 4.78 is 12.5. The van der Waals surface area contributed by atoms with Crippen molar-refractivity contribution in [3.63, 3.8) is 0 Å². The highest BCUT2D eigenvalue weighted by Crippen LogP contribution is 2.32. The fourth-order valence-electron chi connectivity index (χ4n) is 2.92. The summed E-state index contributed by atoms with van der Waals surface area (Å²) in [6, 6.07) is 8.91. The monoisotopic (exact) mass is 416 g/mol. The van der Waals surface area contributed by atoms with Crippen molar-refractivity contribution < 1.29 is 13.9 Å². The molecule has 0 saturated carbocycles. The number of carbonyl (C=O) groups excluding carboxylic acids is 1. The molecule has 0 radical (unpaired) electrons. The van der Waals surface area contributed by atoms with Gasteiger partial charge in [0.2, 0.25) is 5.91 Å². The van der Waals surface area contributed by atoms with Crippen molar-refractivity contribution in [3.8, 4) is 5.75 Å². The van der Waals surface area contributed by atoms with Gasteiger partial charge in [-0.15, -0.1) is 10.2 Å². The molecule has 4 aromatic rings. The highest BCUT2D eigenvalue weighted by atomic mass is 35.5. The number of fused-ring (bicyclic) bond motifs is 3.